The number of carbonyl (C=O) groups excluding carboxylic acids is 1. The van der Waals surface area contributed by atoms with E-state index in [1.165, 1.54) is 12.5 Å². The Kier molecular flexibility index (Phi) is 5.00. The maximum absolute atomic E-state index is 13.2. The van der Waals surface area contributed by atoms with Crippen molar-refractivity contribution in [3.8, 4) is 0 Å². The van der Waals surface area contributed by atoms with E-state index in [1.54, 1.807) is 12.1 Å². The highest BCUT2D eigenvalue weighted by molar-refractivity contribution is 5.95. The van der Waals surface area contributed by atoms with Crippen molar-refractivity contribution in [2.75, 3.05) is 11.9 Å². The predicted octanol–water partition coefficient (Wildman–Crippen LogP) is 5.44. The summed E-state index contributed by atoms with van der Waals surface area (Å²) in [6, 6.07) is 13.2. The first-order valence-electron chi connectivity index (χ1n) is 11.2. The lowest BCUT2D eigenvalue weighted by Gasteiger charge is -2.38. The average Bonchev–Trinajstić information content (AvgIpc) is 3.28. The molecule has 160 valence electrons. The van der Waals surface area contributed by atoms with Crippen LogP contribution in [0.4, 0.5) is 11.4 Å². The number of nitrogens with one attached hydrogen (secondary N) is 1. The molecule has 6 nitrogen and oxygen atoms in total. The molecule has 0 unspecified atom stereocenters. The number of amides is 1. The highest BCUT2D eigenvalue weighted by Crippen LogP contribution is 2.50. The number of fused-ring (bicyclic) bond motifs is 3. The van der Waals surface area contributed by atoms with Crippen LogP contribution in [0.15, 0.2) is 54.6 Å². The number of piperidine rings is 1. The van der Waals surface area contributed by atoms with E-state index in [1.807, 2.05) is 23.1 Å². The number of anilines is 1. The predicted molar refractivity (Wildman–Crippen MR) is 120 cm³/mol. The van der Waals surface area contributed by atoms with Crippen LogP contribution in [-0.2, 0) is 0 Å². The lowest BCUT2D eigenvalue weighted by Crippen LogP contribution is -2.42. The summed E-state index contributed by atoms with van der Waals surface area (Å²) in [5.41, 5.74) is 3.95. The van der Waals surface area contributed by atoms with E-state index in [4.69, 9.17) is 0 Å². The van der Waals surface area contributed by atoms with Crippen molar-refractivity contribution in [3.05, 3.63) is 81.4 Å². The first-order valence-corrected chi connectivity index (χ1v) is 11.2. The number of hydrogen-bond donors (Lipinski definition) is 1. The van der Waals surface area contributed by atoms with Gasteiger partial charge in [-0.3, -0.25) is 14.9 Å². The Labute approximate surface area is 182 Å². The van der Waals surface area contributed by atoms with Gasteiger partial charge in [0, 0.05) is 41.9 Å². The van der Waals surface area contributed by atoms with E-state index in [0.29, 0.717) is 0 Å². The monoisotopic (exact) mass is 417 g/mol. The summed E-state index contributed by atoms with van der Waals surface area (Å²) < 4.78 is 0. The molecule has 0 radical (unpaired) electrons. The van der Waals surface area contributed by atoms with Crippen LogP contribution in [0.3, 0.4) is 0 Å². The highest BCUT2D eigenvalue weighted by atomic mass is 16.6. The van der Waals surface area contributed by atoms with Gasteiger partial charge in [0.1, 0.15) is 0 Å². The van der Waals surface area contributed by atoms with Gasteiger partial charge in [-0.2, -0.15) is 0 Å². The second kappa shape index (κ2) is 7.84. The summed E-state index contributed by atoms with van der Waals surface area (Å²) in [6.07, 6.45) is 8.65. The summed E-state index contributed by atoms with van der Waals surface area (Å²) in [5, 5.41) is 14.9. The van der Waals surface area contributed by atoms with Gasteiger partial charge >= 0.3 is 0 Å². The molecule has 0 saturated carbocycles. The number of allylic oxidation sites excluding steroid dienone is 2. The molecule has 1 fully saturated rings. The molecule has 2 aromatic carbocycles. The number of nitrogens with zero attached hydrogens (tertiary/aromatic N) is 2. The molecule has 0 spiro atoms. The molecule has 1 aliphatic carbocycles. The third kappa shape index (κ3) is 3.50. The molecule has 2 aliphatic heterocycles. The van der Waals surface area contributed by atoms with E-state index in [0.717, 1.165) is 48.2 Å². The number of benzene rings is 2. The Balaban J connectivity index is 1.47. The molecule has 1 saturated heterocycles. The topological polar surface area (TPSA) is 75.5 Å². The highest BCUT2D eigenvalue weighted by Gasteiger charge is 2.38. The van der Waals surface area contributed by atoms with Gasteiger partial charge < -0.3 is 10.2 Å². The number of non-ortho nitro benzene ring substituents is 1. The minimum absolute atomic E-state index is 0.00364. The minimum Gasteiger partial charge on any atom is -0.378 e. The molecule has 1 N–H and O–H groups in total. The van der Waals surface area contributed by atoms with Crippen molar-refractivity contribution < 1.29 is 9.72 Å². The maximum atomic E-state index is 13.2. The number of nitro groups is 1. The van der Waals surface area contributed by atoms with Crippen molar-refractivity contribution in [1.29, 1.82) is 0 Å². The molecule has 3 aliphatic rings. The van der Waals surface area contributed by atoms with Crippen LogP contribution in [0.2, 0.25) is 0 Å². The van der Waals surface area contributed by atoms with Gasteiger partial charge in [0.25, 0.3) is 11.6 Å². The molecule has 2 heterocycles. The van der Waals surface area contributed by atoms with Crippen molar-refractivity contribution in [2.24, 2.45) is 5.92 Å². The first-order chi connectivity index (χ1) is 15.0. The van der Waals surface area contributed by atoms with Crippen LogP contribution in [0.1, 0.15) is 66.1 Å². The van der Waals surface area contributed by atoms with E-state index >= 15 is 0 Å². The molecule has 6 heteroatoms. The molecule has 5 rings (SSSR count). The molecule has 1 amide bonds. The van der Waals surface area contributed by atoms with E-state index in [9.17, 15) is 14.9 Å². The third-order valence-electron chi connectivity index (χ3n) is 7.11. The first kappa shape index (κ1) is 19.8. The quantitative estimate of drug-likeness (QED) is 0.410. The van der Waals surface area contributed by atoms with Crippen LogP contribution in [0.5, 0.6) is 0 Å². The van der Waals surface area contributed by atoms with E-state index in [-0.39, 0.29) is 40.4 Å². The van der Waals surface area contributed by atoms with Crippen molar-refractivity contribution in [1.82, 2.24) is 4.90 Å². The maximum Gasteiger partial charge on any atom is 0.269 e. The zero-order valence-electron chi connectivity index (χ0n) is 17.7. The number of carbonyl (C=O) groups is 1. The smallest absolute Gasteiger partial charge is 0.269 e. The van der Waals surface area contributed by atoms with Gasteiger partial charge in [0.2, 0.25) is 0 Å². The normalized spacial score (nSPS) is 26.7. The molecule has 2 aromatic rings. The van der Waals surface area contributed by atoms with Crippen LogP contribution in [-0.4, -0.2) is 28.3 Å². The fraction of sp³-hybridized carbons (Fsp3) is 0.400. The molecular weight excluding hydrogens is 390 g/mol. The van der Waals surface area contributed by atoms with Crippen LogP contribution in [0, 0.1) is 16.0 Å². The largest absolute Gasteiger partial charge is 0.378 e. The molecule has 4 atom stereocenters. The minimum atomic E-state index is -0.343. The summed E-state index contributed by atoms with van der Waals surface area (Å²) in [5.74, 6) is 0.593. The Morgan fingerprint density at radius 1 is 1.19 bits per heavy atom. The molecular formula is C25H27N3O3. The van der Waals surface area contributed by atoms with Crippen LogP contribution < -0.4 is 5.32 Å². The number of rotatable bonds is 3. The number of nitro benzene ring substituents is 1. The standard InChI is InChI=1S/C25H27N3O3/c1-16-6-2-3-13-27(16)25(29)18-11-12-23-22(15-18)20-9-5-10-21(20)24(26-23)17-7-4-8-19(14-17)28(30)31/h4-5,7-9,11-12,14-16,20-21,24,26H,2-3,6,10,13H2,1H3/t16-,20-,21-,24-/m0/s1. The number of likely N-dealkylation sites (tertiary alicyclic amines) is 1. The van der Waals surface area contributed by atoms with Crippen molar-refractivity contribution >= 4 is 17.3 Å². The lowest BCUT2D eigenvalue weighted by atomic mass is 9.76. The Morgan fingerprint density at radius 3 is 2.87 bits per heavy atom. The summed E-state index contributed by atoms with van der Waals surface area (Å²) in [7, 11) is 0. The van der Waals surface area contributed by atoms with Gasteiger partial charge in [-0.25, -0.2) is 0 Å². The van der Waals surface area contributed by atoms with Gasteiger partial charge in [0.05, 0.1) is 11.0 Å². The summed E-state index contributed by atoms with van der Waals surface area (Å²) >= 11 is 0. The Morgan fingerprint density at radius 2 is 2.06 bits per heavy atom. The summed E-state index contributed by atoms with van der Waals surface area (Å²) in [4.78, 5) is 26.1. The molecule has 0 aromatic heterocycles. The van der Waals surface area contributed by atoms with Crippen LogP contribution in [0.25, 0.3) is 0 Å². The third-order valence-corrected chi connectivity index (χ3v) is 7.11. The zero-order valence-corrected chi connectivity index (χ0v) is 17.7. The van der Waals surface area contributed by atoms with Crippen LogP contribution >= 0.6 is 0 Å². The van der Waals surface area contributed by atoms with E-state index in [2.05, 4.69) is 30.5 Å². The van der Waals surface area contributed by atoms with E-state index < -0.39 is 0 Å². The van der Waals surface area contributed by atoms with Gasteiger partial charge in [-0.15, -0.1) is 0 Å². The van der Waals surface area contributed by atoms with Gasteiger partial charge in [-0.05, 0) is 67.9 Å². The van der Waals surface area contributed by atoms with Crippen molar-refractivity contribution in [3.63, 3.8) is 0 Å². The average molecular weight is 418 g/mol. The second-order valence-electron chi connectivity index (χ2n) is 8.97. The van der Waals surface area contributed by atoms with Crippen molar-refractivity contribution in [2.45, 2.75) is 50.6 Å². The SMILES string of the molecule is C[C@H]1CCCCN1C(=O)c1ccc2c(c1)[C@H]1C=CC[C@@H]1[C@H](c1cccc([N+](=O)[O-])c1)N2. The summed E-state index contributed by atoms with van der Waals surface area (Å²) in [6.45, 7) is 2.96. The van der Waals surface area contributed by atoms with Gasteiger partial charge in [-0.1, -0.05) is 24.3 Å². The Bertz CT molecular complexity index is 1060. The number of hydrogen-bond acceptors (Lipinski definition) is 4. The molecule has 0 bridgehead atoms. The second-order valence-corrected chi connectivity index (χ2v) is 8.97. The van der Waals surface area contributed by atoms with Gasteiger partial charge in [0.15, 0.2) is 0 Å². The fourth-order valence-corrected chi connectivity index (χ4v) is 5.45. The fourth-order valence-electron chi connectivity index (χ4n) is 5.45. The Hall–Kier alpha value is -3.15. The lowest BCUT2D eigenvalue weighted by molar-refractivity contribution is -0.384. The zero-order chi connectivity index (χ0) is 21.5. The molecule has 31 heavy (non-hydrogen) atoms.